The Kier molecular flexibility index (Phi) is 4.97. The molecule has 0 fully saturated rings. The van der Waals surface area contributed by atoms with Crippen LogP contribution < -0.4 is 4.90 Å². The zero-order valence-electron chi connectivity index (χ0n) is 10.9. The molecule has 0 atom stereocenters. The van der Waals surface area contributed by atoms with Gasteiger partial charge in [-0.15, -0.1) is 0 Å². The van der Waals surface area contributed by atoms with E-state index in [9.17, 15) is 4.39 Å². The first-order chi connectivity index (χ1) is 9.24. The molecule has 19 heavy (non-hydrogen) atoms. The summed E-state index contributed by atoms with van der Waals surface area (Å²) >= 11 is 3.43. The Morgan fingerprint density at radius 3 is 2.47 bits per heavy atom. The molecule has 0 aromatic heterocycles. The highest BCUT2D eigenvalue weighted by Gasteiger charge is 2.10. The Balaban J connectivity index is 2.27. The van der Waals surface area contributed by atoms with Gasteiger partial charge in [-0.2, -0.15) is 0 Å². The highest BCUT2D eigenvalue weighted by atomic mass is 79.9. The molecule has 2 aromatic rings. The van der Waals surface area contributed by atoms with Crippen LogP contribution in [0.1, 0.15) is 18.1 Å². The van der Waals surface area contributed by atoms with E-state index in [1.165, 1.54) is 11.6 Å². The van der Waals surface area contributed by atoms with Crippen molar-refractivity contribution >= 4 is 21.6 Å². The normalized spacial score (nSPS) is 10.5. The number of hydrogen-bond donors (Lipinski definition) is 0. The van der Waals surface area contributed by atoms with E-state index in [2.05, 4.69) is 39.9 Å². The quantitative estimate of drug-likeness (QED) is 0.718. The monoisotopic (exact) mass is 321 g/mol. The largest absolute Gasteiger partial charge is 0.367 e. The van der Waals surface area contributed by atoms with Gasteiger partial charge in [-0.25, -0.2) is 4.39 Å². The average molecular weight is 322 g/mol. The maximum Gasteiger partial charge on any atom is 0.123 e. The van der Waals surface area contributed by atoms with E-state index in [4.69, 9.17) is 0 Å². The highest BCUT2D eigenvalue weighted by molar-refractivity contribution is 9.08. The molecule has 1 nitrogen and oxygen atoms in total. The molecule has 0 amide bonds. The molecule has 0 saturated carbocycles. The lowest BCUT2D eigenvalue weighted by Crippen LogP contribution is -2.23. The van der Waals surface area contributed by atoms with Crippen molar-refractivity contribution in [2.75, 3.05) is 11.4 Å². The van der Waals surface area contributed by atoms with E-state index in [0.717, 1.165) is 24.3 Å². The van der Waals surface area contributed by atoms with Gasteiger partial charge in [-0.05, 0) is 36.2 Å². The summed E-state index contributed by atoms with van der Waals surface area (Å²) in [7, 11) is 0. The van der Waals surface area contributed by atoms with Crippen molar-refractivity contribution in [1.82, 2.24) is 0 Å². The topological polar surface area (TPSA) is 3.24 Å². The fourth-order valence-electron chi connectivity index (χ4n) is 2.14. The van der Waals surface area contributed by atoms with Crippen molar-refractivity contribution in [1.29, 1.82) is 0 Å². The van der Waals surface area contributed by atoms with Gasteiger partial charge in [0.1, 0.15) is 5.82 Å². The SMILES string of the molecule is CCN(Cc1ccccc1)c1ccc(F)cc1CBr. The lowest BCUT2D eigenvalue weighted by molar-refractivity contribution is 0.626. The number of halogens is 2. The number of rotatable bonds is 5. The summed E-state index contributed by atoms with van der Waals surface area (Å²) in [5, 5.41) is 0.658. The van der Waals surface area contributed by atoms with Crippen molar-refractivity contribution < 1.29 is 4.39 Å². The molecule has 0 N–H and O–H groups in total. The average Bonchev–Trinajstić information content (AvgIpc) is 2.46. The van der Waals surface area contributed by atoms with Gasteiger partial charge in [0, 0.05) is 24.1 Å². The molecule has 0 bridgehead atoms. The van der Waals surface area contributed by atoms with Gasteiger partial charge in [0.15, 0.2) is 0 Å². The van der Waals surface area contributed by atoms with Crippen LogP contribution in [0.25, 0.3) is 0 Å². The first-order valence-corrected chi connectivity index (χ1v) is 7.50. The molecule has 0 radical (unpaired) electrons. The van der Waals surface area contributed by atoms with Gasteiger partial charge in [0.05, 0.1) is 0 Å². The molecule has 0 saturated heterocycles. The zero-order chi connectivity index (χ0) is 13.7. The van der Waals surface area contributed by atoms with E-state index < -0.39 is 0 Å². The minimum Gasteiger partial charge on any atom is -0.367 e. The molecule has 0 spiro atoms. The molecular formula is C16H17BrFN. The Morgan fingerprint density at radius 1 is 1.11 bits per heavy atom. The van der Waals surface area contributed by atoms with Crippen LogP contribution in [0.2, 0.25) is 0 Å². The van der Waals surface area contributed by atoms with Gasteiger partial charge in [-0.1, -0.05) is 46.3 Å². The van der Waals surface area contributed by atoms with E-state index in [0.29, 0.717) is 5.33 Å². The minimum absolute atomic E-state index is 0.186. The summed E-state index contributed by atoms with van der Waals surface area (Å²) in [6.45, 7) is 3.84. The van der Waals surface area contributed by atoms with E-state index in [-0.39, 0.29) is 5.82 Å². The van der Waals surface area contributed by atoms with Crippen molar-refractivity contribution in [3.63, 3.8) is 0 Å². The van der Waals surface area contributed by atoms with Gasteiger partial charge >= 0.3 is 0 Å². The number of hydrogen-bond acceptors (Lipinski definition) is 1. The highest BCUT2D eigenvalue weighted by Crippen LogP contribution is 2.25. The van der Waals surface area contributed by atoms with Crippen molar-refractivity contribution in [2.24, 2.45) is 0 Å². The van der Waals surface area contributed by atoms with E-state index >= 15 is 0 Å². The predicted molar refractivity (Wildman–Crippen MR) is 82.2 cm³/mol. The summed E-state index contributed by atoms with van der Waals surface area (Å²) in [6, 6.07) is 15.3. The Labute approximate surface area is 122 Å². The third kappa shape index (κ3) is 3.57. The van der Waals surface area contributed by atoms with E-state index in [1.807, 2.05) is 24.3 Å². The molecule has 100 valence electrons. The lowest BCUT2D eigenvalue weighted by atomic mass is 10.1. The third-order valence-corrected chi connectivity index (χ3v) is 3.73. The second kappa shape index (κ2) is 6.71. The van der Waals surface area contributed by atoms with Crippen LogP contribution in [-0.2, 0) is 11.9 Å². The Hall–Kier alpha value is -1.35. The molecule has 3 heteroatoms. The molecule has 2 aromatic carbocycles. The number of nitrogens with zero attached hydrogens (tertiary/aromatic N) is 1. The van der Waals surface area contributed by atoms with Crippen molar-refractivity contribution in [3.8, 4) is 0 Å². The van der Waals surface area contributed by atoms with Gasteiger partial charge in [0.2, 0.25) is 0 Å². The minimum atomic E-state index is -0.186. The fraction of sp³-hybridized carbons (Fsp3) is 0.250. The van der Waals surface area contributed by atoms with Crippen molar-refractivity contribution in [3.05, 3.63) is 65.5 Å². The van der Waals surface area contributed by atoms with Crippen LogP contribution in [0, 0.1) is 5.82 Å². The molecule has 0 aliphatic rings. The second-order valence-corrected chi connectivity index (χ2v) is 4.97. The summed E-state index contributed by atoms with van der Waals surface area (Å²) in [6.07, 6.45) is 0. The standard InChI is InChI=1S/C16H17BrFN/c1-2-19(12-13-6-4-3-5-7-13)16-9-8-15(18)10-14(16)11-17/h3-10H,2,11-12H2,1H3. The predicted octanol–water partition coefficient (Wildman–Crippen LogP) is 4.75. The molecule has 0 unspecified atom stereocenters. The van der Waals surface area contributed by atoms with E-state index in [1.54, 1.807) is 6.07 Å². The fourth-order valence-corrected chi connectivity index (χ4v) is 2.59. The van der Waals surface area contributed by atoms with Crippen molar-refractivity contribution in [2.45, 2.75) is 18.8 Å². The van der Waals surface area contributed by atoms with Crippen LogP contribution in [0.15, 0.2) is 48.5 Å². The lowest BCUT2D eigenvalue weighted by Gasteiger charge is -2.25. The summed E-state index contributed by atoms with van der Waals surface area (Å²) < 4.78 is 13.3. The zero-order valence-corrected chi connectivity index (χ0v) is 12.5. The molecule has 0 heterocycles. The van der Waals surface area contributed by atoms with Crippen LogP contribution >= 0.6 is 15.9 Å². The van der Waals surface area contributed by atoms with Gasteiger partial charge < -0.3 is 4.90 Å². The first-order valence-electron chi connectivity index (χ1n) is 6.38. The second-order valence-electron chi connectivity index (χ2n) is 4.41. The first kappa shape index (κ1) is 14.1. The third-order valence-electron chi connectivity index (χ3n) is 3.12. The molecule has 0 aliphatic heterocycles. The summed E-state index contributed by atoms with van der Waals surface area (Å²) in [5.74, 6) is -0.186. The maximum atomic E-state index is 13.3. The van der Waals surface area contributed by atoms with Gasteiger partial charge in [-0.3, -0.25) is 0 Å². The van der Waals surface area contributed by atoms with Crippen LogP contribution in [0.5, 0.6) is 0 Å². The van der Waals surface area contributed by atoms with Crippen LogP contribution in [0.4, 0.5) is 10.1 Å². The summed E-state index contributed by atoms with van der Waals surface area (Å²) in [4.78, 5) is 2.26. The summed E-state index contributed by atoms with van der Waals surface area (Å²) in [5.41, 5.74) is 3.33. The molecule has 2 rings (SSSR count). The number of anilines is 1. The number of alkyl halides is 1. The molecule has 0 aliphatic carbocycles. The smallest absolute Gasteiger partial charge is 0.123 e. The Morgan fingerprint density at radius 2 is 1.84 bits per heavy atom. The maximum absolute atomic E-state index is 13.3. The van der Waals surface area contributed by atoms with Crippen LogP contribution in [-0.4, -0.2) is 6.54 Å². The van der Waals surface area contributed by atoms with Gasteiger partial charge in [0.25, 0.3) is 0 Å². The Bertz CT molecular complexity index is 528. The van der Waals surface area contributed by atoms with Crippen LogP contribution in [0.3, 0.4) is 0 Å². The molecular weight excluding hydrogens is 305 g/mol. The number of benzene rings is 2.